The quantitative estimate of drug-likeness (QED) is 0.922. The van der Waals surface area contributed by atoms with Crippen LogP contribution in [0.2, 0.25) is 0 Å². The highest BCUT2D eigenvalue weighted by Crippen LogP contribution is 2.31. The van der Waals surface area contributed by atoms with Gasteiger partial charge in [-0.2, -0.15) is 5.26 Å². The van der Waals surface area contributed by atoms with Crippen LogP contribution in [-0.2, 0) is 9.53 Å². The lowest BCUT2D eigenvalue weighted by atomic mass is 9.80. The summed E-state index contributed by atoms with van der Waals surface area (Å²) >= 11 is 3.38. The maximum absolute atomic E-state index is 12.4. The van der Waals surface area contributed by atoms with Crippen LogP contribution in [0.3, 0.4) is 0 Å². The number of halogens is 1. The topological polar surface area (TPSA) is 62.1 Å². The van der Waals surface area contributed by atoms with Gasteiger partial charge in [0, 0.05) is 17.7 Å². The highest BCUT2D eigenvalue weighted by Gasteiger charge is 2.40. The Morgan fingerprint density at radius 3 is 2.55 bits per heavy atom. The van der Waals surface area contributed by atoms with Gasteiger partial charge in [0.15, 0.2) is 0 Å². The Labute approximate surface area is 127 Å². The van der Waals surface area contributed by atoms with E-state index in [-0.39, 0.29) is 11.9 Å². The van der Waals surface area contributed by atoms with Crippen molar-refractivity contribution in [2.24, 2.45) is 5.41 Å². The smallest absolute Gasteiger partial charge is 0.241 e. The Morgan fingerprint density at radius 2 is 2.00 bits per heavy atom. The van der Waals surface area contributed by atoms with E-state index in [4.69, 9.17) is 4.74 Å². The average molecular weight is 337 g/mol. The molecule has 1 aliphatic rings. The van der Waals surface area contributed by atoms with Gasteiger partial charge in [0.25, 0.3) is 0 Å². The molecule has 106 valence electrons. The SMILES string of the molecule is C[C@@H](NC(=O)C1(C#N)CCOCC1)c1ccc(Br)cc1. The van der Waals surface area contributed by atoms with Gasteiger partial charge in [0.05, 0.1) is 12.1 Å². The number of carbonyl (C=O) groups excluding carboxylic acids is 1. The van der Waals surface area contributed by atoms with Crippen LogP contribution in [-0.4, -0.2) is 19.1 Å². The van der Waals surface area contributed by atoms with Crippen molar-refractivity contribution in [1.82, 2.24) is 5.32 Å². The van der Waals surface area contributed by atoms with Gasteiger partial charge < -0.3 is 10.1 Å². The molecule has 0 aliphatic carbocycles. The van der Waals surface area contributed by atoms with E-state index in [2.05, 4.69) is 27.3 Å². The molecule has 1 aliphatic heterocycles. The predicted molar refractivity (Wildman–Crippen MR) is 78.8 cm³/mol. The highest BCUT2D eigenvalue weighted by atomic mass is 79.9. The number of carbonyl (C=O) groups is 1. The minimum absolute atomic E-state index is 0.122. The molecule has 0 radical (unpaired) electrons. The van der Waals surface area contributed by atoms with Crippen LogP contribution >= 0.6 is 15.9 Å². The number of hydrogen-bond donors (Lipinski definition) is 1. The Hall–Kier alpha value is -1.38. The number of nitriles is 1. The summed E-state index contributed by atoms with van der Waals surface area (Å²) in [4.78, 5) is 12.4. The number of rotatable bonds is 3. The summed E-state index contributed by atoms with van der Waals surface area (Å²) in [5.41, 5.74) is 0.0729. The first-order valence-electron chi connectivity index (χ1n) is 6.63. The number of hydrogen-bond acceptors (Lipinski definition) is 3. The molecule has 0 unspecified atom stereocenters. The van der Waals surface area contributed by atoms with E-state index in [1.54, 1.807) is 0 Å². The minimum Gasteiger partial charge on any atom is -0.381 e. The first-order valence-corrected chi connectivity index (χ1v) is 7.42. The summed E-state index contributed by atoms with van der Waals surface area (Å²) in [6.45, 7) is 2.85. The molecule has 4 nitrogen and oxygen atoms in total. The largest absolute Gasteiger partial charge is 0.381 e. The molecule has 1 saturated heterocycles. The van der Waals surface area contributed by atoms with Gasteiger partial charge in [0.1, 0.15) is 5.41 Å². The molecule has 1 aromatic carbocycles. The van der Waals surface area contributed by atoms with E-state index in [0.717, 1.165) is 10.0 Å². The van der Waals surface area contributed by atoms with Gasteiger partial charge in [-0.15, -0.1) is 0 Å². The van der Waals surface area contributed by atoms with Gasteiger partial charge in [0.2, 0.25) is 5.91 Å². The molecule has 1 fully saturated rings. The van der Waals surface area contributed by atoms with Crippen LogP contribution in [0.4, 0.5) is 0 Å². The summed E-state index contributed by atoms with van der Waals surface area (Å²) in [5, 5.41) is 12.3. The van der Waals surface area contributed by atoms with Crippen molar-refractivity contribution in [2.45, 2.75) is 25.8 Å². The monoisotopic (exact) mass is 336 g/mol. The Kier molecular flexibility index (Phi) is 4.79. The molecule has 0 aromatic heterocycles. The molecule has 2 rings (SSSR count). The Morgan fingerprint density at radius 1 is 1.40 bits per heavy atom. The molecule has 5 heteroatoms. The fourth-order valence-corrected chi connectivity index (χ4v) is 2.54. The van der Waals surface area contributed by atoms with Crippen molar-refractivity contribution in [3.05, 3.63) is 34.3 Å². The van der Waals surface area contributed by atoms with E-state index in [1.165, 1.54) is 0 Å². The van der Waals surface area contributed by atoms with Crippen LogP contribution < -0.4 is 5.32 Å². The number of ether oxygens (including phenoxy) is 1. The summed E-state index contributed by atoms with van der Waals surface area (Å²) in [6, 6.07) is 9.85. The molecule has 0 saturated carbocycles. The second kappa shape index (κ2) is 6.38. The number of benzene rings is 1. The molecule has 1 atom stereocenters. The van der Waals surface area contributed by atoms with Gasteiger partial charge in [-0.05, 0) is 37.5 Å². The third kappa shape index (κ3) is 3.20. The van der Waals surface area contributed by atoms with Gasteiger partial charge in [-0.25, -0.2) is 0 Å². The van der Waals surface area contributed by atoms with Crippen molar-refractivity contribution in [1.29, 1.82) is 5.26 Å². The number of amides is 1. The highest BCUT2D eigenvalue weighted by molar-refractivity contribution is 9.10. The molecule has 0 bridgehead atoms. The molecule has 1 heterocycles. The third-order valence-corrected chi connectivity index (χ3v) is 4.24. The lowest BCUT2D eigenvalue weighted by Gasteiger charge is -2.30. The molecule has 0 spiro atoms. The van der Waals surface area contributed by atoms with Gasteiger partial charge in [-0.1, -0.05) is 28.1 Å². The summed E-state index contributed by atoms with van der Waals surface area (Å²) < 4.78 is 6.24. The van der Waals surface area contributed by atoms with Gasteiger partial charge >= 0.3 is 0 Å². The van der Waals surface area contributed by atoms with Crippen molar-refractivity contribution in [3.8, 4) is 6.07 Å². The third-order valence-electron chi connectivity index (χ3n) is 3.71. The fraction of sp³-hybridized carbons (Fsp3) is 0.467. The van der Waals surface area contributed by atoms with Crippen LogP contribution in [0.1, 0.15) is 31.4 Å². The van der Waals surface area contributed by atoms with E-state index >= 15 is 0 Å². The number of nitrogens with one attached hydrogen (secondary N) is 1. The molecule has 1 aromatic rings. The predicted octanol–water partition coefficient (Wildman–Crippen LogP) is 2.95. The summed E-state index contributed by atoms with van der Waals surface area (Å²) in [5.74, 6) is -0.196. The molecular weight excluding hydrogens is 320 g/mol. The first-order chi connectivity index (χ1) is 9.57. The lowest BCUT2D eigenvalue weighted by Crippen LogP contribution is -2.44. The van der Waals surface area contributed by atoms with Crippen molar-refractivity contribution in [3.63, 3.8) is 0 Å². The molecule has 20 heavy (non-hydrogen) atoms. The number of nitrogens with zero attached hydrogens (tertiary/aromatic N) is 1. The standard InChI is InChI=1S/C15H17BrN2O2/c1-11(12-2-4-13(16)5-3-12)18-14(19)15(10-17)6-8-20-9-7-15/h2-5,11H,6-9H2,1H3,(H,18,19)/t11-/m1/s1. The second-order valence-corrected chi connectivity index (χ2v) is 5.97. The van der Waals surface area contributed by atoms with Crippen molar-refractivity contribution in [2.75, 3.05) is 13.2 Å². The minimum atomic E-state index is -0.943. The zero-order valence-corrected chi connectivity index (χ0v) is 12.9. The lowest BCUT2D eigenvalue weighted by molar-refractivity contribution is -0.133. The zero-order valence-electron chi connectivity index (χ0n) is 11.4. The maximum atomic E-state index is 12.4. The first kappa shape index (κ1) is 15.0. The molecule has 1 amide bonds. The molecule has 1 N–H and O–H groups in total. The van der Waals surface area contributed by atoms with E-state index in [9.17, 15) is 10.1 Å². The van der Waals surface area contributed by atoms with E-state index in [1.807, 2.05) is 31.2 Å². The Bertz CT molecular complexity index is 516. The van der Waals surface area contributed by atoms with Gasteiger partial charge in [-0.3, -0.25) is 4.79 Å². The Balaban J connectivity index is 2.06. The van der Waals surface area contributed by atoms with Crippen LogP contribution in [0, 0.1) is 16.7 Å². The maximum Gasteiger partial charge on any atom is 0.241 e. The molecular formula is C15H17BrN2O2. The second-order valence-electron chi connectivity index (χ2n) is 5.05. The van der Waals surface area contributed by atoms with E-state index in [0.29, 0.717) is 26.1 Å². The van der Waals surface area contributed by atoms with Crippen LogP contribution in [0.25, 0.3) is 0 Å². The summed E-state index contributed by atoms with van der Waals surface area (Å²) in [7, 11) is 0. The zero-order chi connectivity index (χ0) is 14.6. The average Bonchev–Trinajstić information content (AvgIpc) is 2.48. The van der Waals surface area contributed by atoms with Crippen molar-refractivity contribution >= 4 is 21.8 Å². The van der Waals surface area contributed by atoms with Crippen LogP contribution in [0.5, 0.6) is 0 Å². The van der Waals surface area contributed by atoms with Crippen LogP contribution in [0.15, 0.2) is 28.7 Å². The normalized spacial score (nSPS) is 18.9. The fourth-order valence-electron chi connectivity index (χ4n) is 2.28. The van der Waals surface area contributed by atoms with Crippen molar-refractivity contribution < 1.29 is 9.53 Å². The van der Waals surface area contributed by atoms with E-state index < -0.39 is 5.41 Å². The summed E-state index contributed by atoms with van der Waals surface area (Å²) in [6.07, 6.45) is 0.921.